The third-order valence-electron chi connectivity index (χ3n) is 2.80. The van der Waals surface area contributed by atoms with Crippen molar-refractivity contribution >= 4 is 23.1 Å². The van der Waals surface area contributed by atoms with Crippen LogP contribution in [0, 0.1) is 11.8 Å². The predicted molar refractivity (Wildman–Crippen MR) is 86.8 cm³/mol. The van der Waals surface area contributed by atoms with Crippen molar-refractivity contribution in [1.82, 2.24) is 4.90 Å². The van der Waals surface area contributed by atoms with Gasteiger partial charge in [-0.2, -0.15) is 11.8 Å². The van der Waals surface area contributed by atoms with Gasteiger partial charge in [-0.15, -0.1) is 11.3 Å². The molecule has 1 N–H and O–H groups in total. The lowest BCUT2D eigenvalue weighted by Crippen LogP contribution is -2.25. The van der Waals surface area contributed by atoms with Gasteiger partial charge in [0.1, 0.15) is 0 Å². The summed E-state index contributed by atoms with van der Waals surface area (Å²) in [5.74, 6) is 8.31. The molecule has 0 saturated heterocycles. The van der Waals surface area contributed by atoms with E-state index in [-0.39, 0.29) is 6.61 Å². The Morgan fingerprint density at radius 1 is 1.32 bits per heavy atom. The summed E-state index contributed by atoms with van der Waals surface area (Å²) in [5, 5.41) is 8.67. The van der Waals surface area contributed by atoms with E-state index in [1.54, 1.807) is 11.3 Å². The van der Waals surface area contributed by atoms with Gasteiger partial charge in [0.05, 0.1) is 11.5 Å². The van der Waals surface area contributed by atoms with Crippen LogP contribution < -0.4 is 0 Å². The highest BCUT2D eigenvalue weighted by molar-refractivity contribution is 7.98. The van der Waals surface area contributed by atoms with Crippen LogP contribution in [-0.4, -0.2) is 42.0 Å². The van der Waals surface area contributed by atoms with Gasteiger partial charge in [0.2, 0.25) is 0 Å². The normalized spacial score (nSPS) is 10.5. The molecule has 106 valence electrons. The van der Waals surface area contributed by atoms with Gasteiger partial charge in [-0.1, -0.05) is 25.7 Å². The average Bonchev–Trinajstić information content (AvgIpc) is 2.87. The maximum Gasteiger partial charge on any atom is 0.0771 e. The van der Waals surface area contributed by atoms with Crippen molar-refractivity contribution in [2.45, 2.75) is 26.0 Å². The Morgan fingerprint density at radius 3 is 2.79 bits per heavy atom. The monoisotopic (exact) mass is 297 g/mol. The minimum absolute atomic E-state index is 0.145. The summed E-state index contributed by atoms with van der Waals surface area (Å²) < 4.78 is 0. The Hall–Kier alpha value is -0.470. The van der Waals surface area contributed by atoms with Crippen molar-refractivity contribution in [1.29, 1.82) is 0 Å². The number of hydrogen-bond donors (Lipinski definition) is 1. The quantitative estimate of drug-likeness (QED) is 0.589. The first-order valence-electron chi connectivity index (χ1n) is 6.78. The number of thiophene rings is 1. The van der Waals surface area contributed by atoms with Crippen LogP contribution >= 0.6 is 23.1 Å². The summed E-state index contributed by atoms with van der Waals surface area (Å²) in [6.45, 7) is 8.02. The SMILES string of the molecule is CCN(CC)CCSCc1ccc(C#CCCO)s1. The molecule has 0 bridgehead atoms. The molecule has 0 aliphatic carbocycles. The standard InChI is InChI=1S/C15H23NOS2/c1-3-16(4-2)10-12-18-13-15-9-8-14(19-15)7-5-6-11-17/h8-9,17H,3-4,6,10-13H2,1-2H3. The van der Waals surface area contributed by atoms with Gasteiger partial charge in [-0.05, 0) is 25.2 Å². The van der Waals surface area contributed by atoms with E-state index in [1.807, 2.05) is 11.8 Å². The molecule has 0 amide bonds. The molecule has 0 atom stereocenters. The first-order chi connectivity index (χ1) is 9.30. The van der Waals surface area contributed by atoms with Crippen molar-refractivity contribution in [2.75, 3.05) is 32.0 Å². The van der Waals surface area contributed by atoms with Crippen molar-refractivity contribution in [3.8, 4) is 11.8 Å². The Kier molecular flexibility index (Phi) is 9.02. The van der Waals surface area contributed by atoms with Crippen LogP contribution in [0.4, 0.5) is 0 Å². The van der Waals surface area contributed by atoms with E-state index >= 15 is 0 Å². The van der Waals surface area contributed by atoms with Gasteiger partial charge in [-0.25, -0.2) is 0 Å². The van der Waals surface area contributed by atoms with E-state index in [2.05, 4.69) is 42.7 Å². The number of aliphatic hydroxyl groups is 1. The molecule has 19 heavy (non-hydrogen) atoms. The summed E-state index contributed by atoms with van der Waals surface area (Å²) in [5.41, 5.74) is 0. The summed E-state index contributed by atoms with van der Waals surface area (Å²) in [6, 6.07) is 4.24. The zero-order valence-corrected chi connectivity index (χ0v) is 13.4. The van der Waals surface area contributed by atoms with Crippen LogP contribution in [0.2, 0.25) is 0 Å². The number of nitrogens with zero attached hydrogens (tertiary/aromatic N) is 1. The molecule has 0 unspecified atom stereocenters. The lowest BCUT2D eigenvalue weighted by Gasteiger charge is -2.17. The van der Waals surface area contributed by atoms with Crippen molar-refractivity contribution in [2.24, 2.45) is 0 Å². The molecule has 0 aromatic carbocycles. The fourth-order valence-electron chi connectivity index (χ4n) is 1.63. The molecule has 2 nitrogen and oxygen atoms in total. The molecule has 1 aromatic rings. The van der Waals surface area contributed by atoms with Gasteiger partial charge >= 0.3 is 0 Å². The molecule has 4 heteroatoms. The molecule has 0 spiro atoms. The van der Waals surface area contributed by atoms with Crippen LogP contribution in [0.15, 0.2) is 12.1 Å². The molecule has 0 fully saturated rings. The van der Waals surface area contributed by atoms with Crippen molar-refractivity contribution < 1.29 is 5.11 Å². The molecule has 0 saturated carbocycles. The molecule has 0 aliphatic heterocycles. The fourth-order valence-corrected chi connectivity index (χ4v) is 3.63. The molecule has 0 aliphatic rings. The van der Waals surface area contributed by atoms with Crippen LogP contribution in [0.5, 0.6) is 0 Å². The second kappa shape index (κ2) is 10.3. The highest BCUT2D eigenvalue weighted by Crippen LogP contribution is 2.21. The topological polar surface area (TPSA) is 23.5 Å². The van der Waals surface area contributed by atoms with Gasteiger partial charge in [-0.3, -0.25) is 0 Å². The van der Waals surface area contributed by atoms with E-state index in [9.17, 15) is 0 Å². The number of rotatable bonds is 8. The molecule has 0 radical (unpaired) electrons. The fraction of sp³-hybridized carbons (Fsp3) is 0.600. The third kappa shape index (κ3) is 7.03. The van der Waals surface area contributed by atoms with E-state index in [4.69, 9.17) is 5.11 Å². The maximum atomic E-state index is 8.67. The lowest BCUT2D eigenvalue weighted by atomic mass is 10.4. The van der Waals surface area contributed by atoms with Crippen LogP contribution in [-0.2, 0) is 5.75 Å². The van der Waals surface area contributed by atoms with E-state index in [0.717, 1.165) is 23.7 Å². The highest BCUT2D eigenvalue weighted by Gasteiger charge is 2.01. The summed E-state index contributed by atoms with van der Waals surface area (Å²) in [4.78, 5) is 4.94. The second-order valence-corrected chi connectivity index (χ2v) is 6.39. The minimum Gasteiger partial charge on any atom is -0.395 e. The first kappa shape index (κ1) is 16.6. The van der Waals surface area contributed by atoms with E-state index < -0.39 is 0 Å². The summed E-state index contributed by atoms with van der Waals surface area (Å²) in [7, 11) is 0. The molecule has 1 heterocycles. The second-order valence-electron chi connectivity index (χ2n) is 4.12. The Labute approximate surface area is 125 Å². The highest BCUT2D eigenvalue weighted by atomic mass is 32.2. The van der Waals surface area contributed by atoms with Crippen LogP contribution in [0.3, 0.4) is 0 Å². The lowest BCUT2D eigenvalue weighted by molar-refractivity contribution is 0.305. The van der Waals surface area contributed by atoms with Gasteiger partial charge < -0.3 is 10.0 Å². The summed E-state index contributed by atoms with van der Waals surface area (Å²) in [6.07, 6.45) is 0.561. The zero-order chi connectivity index (χ0) is 13.9. The molecule has 1 rings (SSSR count). The maximum absolute atomic E-state index is 8.67. The molecular weight excluding hydrogens is 274 g/mol. The average molecular weight is 297 g/mol. The van der Waals surface area contributed by atoms with E-state index in [1.165, 1.54) is 17.2 Å². The van der Waals surface area contributed by atoms with Crippen molar-refractivity contribution in [3.05, 3.63) is 21.9 Å². The molecular formula is C15H23NOS2. The van der Waals surface area contributed by atoms with Crippen LogP contribution in [0.25, 0.3) is 0 Å². The third-order valence-corrected chi connectivity index (χ3v) is 4.97. The largest absolute Gasteiger partial charge is 0.395 e. The van der Waals surface area contributed by atoms with Gasteiger partial charge in [0.15, 0.2) is 0 Å². The predicted octanol–water partition coefficient (Wildman–Crippen LogP) is 3.06. The number of hydrogen-bond acceptors (Lipinski definition) is 4. The molecule has 1 aromatic heterocycles. The van der Waals surface area contributed by atoms with Gasteiger partial charge in [0, 0.05) is 29.3 Å². The Balaban J connectivity index is 2.25. The zero-order valence-electron chi connectivity index (χ0n) is 11.8. The number of thioether (sulfide) groups is 1. The van der Waals surface area contributed by atoms with Crippen molar-refractivity contribution in [3.63, 3.8) is 0 Å². The summed E-state index contributed by atoms with van der Waals surface area (Å²) >= 11 is 3.75. The number of aliphatic hydroxyl groups excluding tert-OH is 1. The van der Waals surface area contributed by atoms with Gasteiger partial charge in [0.25, 0.3) is 0 Å². The van der Waals surface area contributed by atoms with E-state index in [0.29, 0.717) is 6.42 Å². The Morgan fingerprint density at radius 2 is 2.11 bits per heavy atom. The Bertz CT molecular complexity index is 402. The minimum atomic E-state index is 0.145. The van der Waals surface area contributed by atoms with Crippen LogP contribution in [0.1, 0.15) is 30.0 Å². The smallest absolute Gasteiger partial charge is 0.0771 e. The first-order valence-corrected chi connectivity index (χ1v) is 8.75.